The second-order valence-corrected chi connectivity index (χ2v) is 9.66. The quantitative estimate of drug-likeness (QED) is 0.226. The van der Waals surface area contributed by atoms with Crippen molar-refractivity contribution in [3.05, 3.63) is 110 Å². The van der Waals surface area contributed by atoms with Crippen molar-refractivity contribution in [2.75, 3.05) is 0 Å². The second kappa shape index (κ2) is 11.0. The molecule has 0 spiro atoms. The van der Waals surface area contributed by atoms with Crippen molar-refractivity contribution >= 4 is 50.4 Å². The van der Waals surface area contributed by atoms with E-state index in [0.717, 1.165) is 10.0 Å². The molecule has 2 N–H and O–H groups in total. The molecule has 1 heterocycles. The van der Waals surface area contributed by atoms with Crippen molar-refractivity contribution in [2.45, 2.75) is 26.3 Å². The Hall–Kier alpha value is -3.26. The standard InChI is InChI=1S/C27H24BrClN4O2/c1-17(2)19-9-6-18(7-10-19)8-13-26(34)32-30-16-25-31-24-12-11-20(28)14-23(24)27(35)33(25)22-5-3-4-21(29)15-22/h3-15,17,30H,16H2,1-2H3,(H,32,34)/b13-8+. The third-order valence-electron chi connectivity index (χ3n) is 5.45. The SMILES string of the molecule is CC(C)c1ccc(/C=C/C(=O)NNCc2nc3ccc(Br)cc3c(=O)n2-c2cccc(Cl)c2)cc1. The van der Waals surface area contributed by atoms with Crippen LogP contribution in [0.25, 0.3) is 22.7 Å². The van der Waals surface area contributed by atoms with E-state index >= 15 is 0 Å². The Morgan fingerprint density at radius 3 is 2.60 bits per heavy atom. The van der Waals surface area contributed by atoms with Gasteiger partial charge >= 0.3 is 0 Å². The molecule has 4 rings (SSSR count). The van der Waals surface area contributed by atoms with Gasteiger partial charge in [-0.05, 0) is 59.5 Å². The number of hydrogen-bond donors (Lipinski definition) is 2. The summed E-state index contributed by atoms with van der Waals surface area (Å²) in [5.74, 6) is 0.565. The van der Waals surface area contributed by atoms with Crippen LogP contribution in [-0.2, 0) is 11.3 Å². The van der Waals surface area contributed by atoms with Gasteiger partial charge in [-0.25, -0.2) is 10.4 Å². The molecule has 0 saturated carbocycles. The smallest absolute Gasteiger partial charge is 0.266 e. The molecule has 0 unspecified atom stereocenters. The first-order valence-corrected chi connectivity index (χ1v) is 12.3. The number of nitrogens with zero attached hydrogens (tertiary/aromatic N) is 2. The lowest BCUT2D eigenvalue weighted by Crippen LogP contribution is -2.38. The van der Waals surface area contributed by atoms with E-state index in [1.165, 1.54) is 16.2 Å². The van der Waals surface area contributed by atoms with Crippen molar-refractivity contribution in [3.63, 3.8) is 0 Å². The van der Waals surface area contributed by atoms with E-state index in [1.807, 2.05) is 18.2 Å². The van der Waals surface area contributed by atoms with Crippen molar-refractivity contribution in [1.29, 1.82) is 0 Å². The lowest BCUT2D eigenvalue weighted by Gasteiger charge is -2.15. The molecule has 0 radical (unpaired) electrons. The van der Waals surface area contributed by atoms with Crippen LogP contribution < -0.4 is 16.4 Å². The van der Waals surface area contributed by atoms with Gasteiger partial charge < -0.3 is 0 Å². The van der Waals surface area contributed by atoms with E-state index in [9.17, 15) is 9.59 Å². The number of hydrazine groups is 1. The minimum absolute atomic E-state index is 0.121. The largest absolute Gasteiger partial charge is 0.288 e. The molecule has 0 aliphatic heterocycles. The summed E-state index contributed by atoms with van der Waals surface area (Å²) in [5.41, 5.74) is 8.60. The van der Waals surface area contributed by atoms with E-state index in [0.29, 0.717) is 33.4 Å². The van der Waals surface area contributed by atoms with Gasteiger partial charge in [-0.1, -0.05) is 71.7 Å². The number of fused-ring (bicyclic) bond motifs is 1. The molecule has 0 bridgehead atoms. The number of carbonyl (C=O) groups excluding carboxylic acids is 1. The van der Waals surface area contributed by atoms with Gasteiger partial charge in [0.1, 0.15) is 5.82 Å². The number of aromatic nitrogens is 2. The molecule has 35 heavy (non-hydrogen) atoms. The Balaban J connectivity index is 1.53. The maximum Gasteiger partial charge on any atom is 0.266 e. The summed E-state index contributed by atoms with van der Waals surface area (Å²) >= 11 is 9.59. The molecule has 8 heteroatoms. The van der Waals surface area contributed by atoms with Crippen LogP contribution in [0.1, 0.15) is 36.7 Å². The molecule has 178 valence electrons. The number of amides is 1. The third-order valence-corrected chi connectivity index (χ3v) is 6.18. The number of benzene rings is 3. The highest BCUT2D eigenvalue weighted by molar-refractivity contribution is 9.10. The monoisotopic (exact) mass is 550 g/mol. The number of nitrogens with one attached hydrogen (secondary N) is 2. The van der Waals surface area contributed by atoms with E-state index in [1.54, 1.807) is 42.5 Å². The second-order valence-electron chi connectivity index (χ2n) is 8.31. The fourth-order valence-electron chi connectivity index (χ4n) is 3.62. The lowest BCUT2D eigenvalue weighted by molar-refractivity contribution is -0.117. The molecule has 0 saturated heterocycles. The van der Waals surface area contributed by atoms with Gasteiger partial charge in [-0.3, -0.25) is 19.6 Å². The molecule has 1 amide bonds. The summed E-state index contributed by atoms with van der Waals surface area (Å²) < 4.78 is 2.27. The summed E-state index contributed by atoms with van der Waals surface area (Å²) in [6.07, 6.45) is 3.20. The van der Waals surface area contributed by atoms with Crippen LogP contribution in [0.15, 0.2) is 82.1 Å². The molecule has 0 aliphatic carbocycles. The van der Waals surface area contributed by atoms with Gasteiger partial charge in [0.2, 0.25) is 0 Å². The number of rotatable bonds is 7. The molecule has 4 aromatic rings. The number of hydrogen-bond acceptors (Lipinski definition) is 4. The lowest BCUT2D eigenvalue weighted by atomic mass is 10.0. The maximum absolute atomic E-state index is 13.4. The Morgan fingerprint density at radius 1 is 1.11 bits per heavy atom. The average Bonchev–Trinajstić information content (AvgIpc) is 2.83. The molecule has 0 atom stereocenters. The summed E-state index contributed by atoms with van der Waals surface area (Å²) in [5, 5.41) is 0.973. The minimum Gasteiger partial charge on any atom is -0.288 e. The van der Waals surface area contributed by atoms with Crippen LogP contribution in [-0.4, -0.2) is 15.5 Å². The summed E-state index contributed by atoms with van der Waals surface area (Å²) in [4.78, 5) is 30.4. The molecule has 1 aromatic heterocycles. The van der Waals surface area contributed by atoms with Crippen molar-refractivity contribution in [1.82, 2.24) is 20.4 Å². The Kier molecular flexibility index (Phi) is 7.80. The first-order chi connectivity index (χ1) is 16.8. The van der Waals surface area contributed by atoms with Crippen LogP contribution in [0, 0.1) is 0 Å². The Bertz CT molecular complexity index is 1460. The van der Waals surface area contributed by atoms with Crippen molar-refractivity contribution in [3.8, 4) is 5.69 Å². The van der Waals surface area contributed by atoms with Crippen molar-refractivity contribution in [2.24, 2.45) is 0 Å². The van der Waals surface area contributed by atoms with E-state index in [2.05, 4.69) is 57.7 Å². The average molecular weight is 552 g/mol. The highest BCUT2D eigenvalue weighted by Gasteiger charge is 2.14. The van der Waals surface area contributed by atoms with Gasteiger partial charge in [-0.15, -0.1) is 0 Å². The fourth-order valence-corrected chi connectivity index (χ4v) is 4.17. The molecular weight excluding hydrogens is 528 g/mol. The van der Waals surface area contributed by atoms with Crippen molar-refractivity contribution < 1.29 is 4.79 Å². The molecule has 0 fully saturated rings. The predicted molar refractivity (Wildman–Crippen MR) is 145 cm³/mol. The summed E-state index contributed by atoms with van der Waals surface area (Å²) in [6.45, 7) is 4.40. The Morgan fingerprint density at radius 2 is 1.89 bits per heavy atom. The first-order valence-electron chi connectivity index (χ1n) is 11.1. The van der Waals surface area contributed by atoms with Gasteiger partial charge in [0.15, 0.2) is 0 Å². The zero-order valence-electron chi connectivity index (χ0n) is 19.3. The predicted octanol–water partition coefficient (Wildman–Crippen LogP) is 5.76. The number of carbonyl (C=O) groups is 1. The number of halogens is 2. The van der Waals surface area contributed by atoms with Crippen LogP contribution in [0.2, 0.25) is 5.02 Å². The van der Waals surface area contributed by atoms with Gasteiger partial charge in [0, 0.05) is 15.6 Å². The van der Waals surface area contributed by atoms with Crippen LogP contribution >= 0.6 is 27.5 Å². The molecule has 6 nitrogen and oxygen atoms in total. The molecular formula is C27H24BrClN4O2. The fraction of sp³-hybridized carbons (Fsp3) is 0.148. The third kappa shape index (κ3) is 6.06. The van der Waals surface area contributed by atoms with Crippen LogP contribution in [0.4, 0.5) is 0 Å². The van der Waals surface area contributed by atoms with E-state index in [4.69, 9.17) is 11.6 Å². The zero-order chi connectivity index (χ0) is 24.9. The minimum atomic E-state index is -0.320. The zero-order valence-corrected chi connectivity index (χ0v) is 21.6. The Labute approximate surface area is 216 Å². The van der Waals surface area contributed by atoms with Crippen LogP contribution in [0.3, 0.4) is 0 Å². The maximum atomic E-state index is 13.4. The van der Waals surface area contributed by atoms with Crippen LogP contribution in [0.5, 0.6) is 0 Å². The molecule has 3 aromatic carbocycles. The molecule has 0 aliphatic rings. The van der Waals surface area contributed by atoms with E-state index in [-0.39, 0.29) is 18.0 Å². The first kappa shape index (κ1) is 24.9. The normalized spacial score (nSPS) is 11.5. The summed E-state index contributed by atoms with van der Waals surface area (Å²) in [7, 11) is 0. The highest BCUT2D eigenvalue weighted by Crippen LogP contribution is 2.20. The van der Waals surface area contributed by atoms with E-state index < -0.39 is 0 Å². The van der Waals surface area contributed by atoms with Gasteiger partial charge in [0.25, 0.3) is 11.5 Å². The van der Waals surface area contributed by atoms with Gasteiger partial charge in [-0.2, -0.15) is 0 Å². The van der Waals surface area contributed by atoms with Gasteiger partial charge in [0.05, 0.1) is 23.1 Å². The summed E-state index contributed by atoms with van der Waals surface area (Å²) in [6, 6.07) is 20.4. The highest BCUT2D eigenvalue weighted by atomic mass is 79.9. The topological polar surface area (TPSA) is 76.0 Å².